The van der Waals surface area contributed by atoms with E-state index in [1.54, 1.807) is 12.2 Å². The minimum atomic E-state index is -0.781. The van der Waals surface area contributed by atoms with Gasteiger partial charge in [0.05, 0.1) is 20.3 Å². The van der Waals surface area contributed by atoms with Crippen molar-refractivity contribution in [3.63, 3.8) is 0 Å². The average Bonchev–Trinajstić information content (AvgIpc) is 2.54. The number of aliphatic hydroxyl groups is 1. The number of methoxy groups -OCH3 is 2. The molecule has 0 rings (SSSR count). The van der Waals surface area contributed by atoms with Crippen molar-refractivity contribution < 1.29 is 24.2 Å². The summed E-state index contributed by atoms with van der Waals surface area (Å²) in [6.07, 6.45) is 4.80. The average molecular weight is 312 g/mol. The Balaban J connectivity index is 4.57. The van der Waals surface area contributed by atoms with Crippen molar-refractivity contribution in [2.75, 3.05) is 14.2 Å². The van der Waals surface area contributed by atoms with E-state index >= 15 is 0 Å². The van der Waals surface area contributed by atoms with E-state index in [-0.39, 0.29) is 11.9 Å². The number of hydrogen-bond donors (Lipinski definition) is 1. The predicted molar refractivity (Wildman–Crippen MR) is 85.1 cm³/mol. The molecule has 5 heteroatoms. The summed E-state index contributed by atoms with van der Waals surface area (Å²) in [7, 11) is 2.66. The van der Waals surface area contributed by atoms with Crippen LogP contribution in [0.25, 0.3) is 0 Å². The number of aliphatic hydroxyl groups excluding tert-OH is 1. The molecule has 0 aliphatic heterocycles. The highest BCUT2D eigenvalue weighted by Crippen LogP contribution is 2.20. The van der Waals surface area contributed by atoms with Gasteiger partial charge in [0.2, 0.25) is 0 Å². The van der Waals surface area contributed by atoms with Gasteiger partial charge in [0.15, 0.2) is 0 Å². The first kappa shape index (κ1) is 20.4. The number of carbonyl (C=O) groups excluding carboxylic acids is 2. The Morgan fingerprint density at radius 2 is 1.86 bits per heavy atom. The molecule has 0 fully saturated rings. The van der Waals surface area contributed by atoms with Crippen LogP contribution < -0.4 is 0 Å². The Hall–Kier alpha value is -1.62. The molecule has 0 aromatic rings. The Kier molecular flexibility index (Phi) is 10.2. The molecule has 5 nitrogen and oxygen atoms in total. The summed E-state index contributed by atoms with van der Waals surface area (Å²) < 4.78 is 9.31. The van der Waals surface area contributed by atoms with Gasteiger partial charge in [-0.3, -0.25) is 9.59 Å². The molecule has 126 valence electrons. The largest absolute Gasteiger partial charge is 0.469 e. The summed E-state index contributed by atoms with van der Waals surface area (Å²) in [5.74, 6) is -1.42. The first-order valence-electron chi connectivity index (χ1n) is 7.53. The molecule has 0 bridgehead atoms. The second kappa shape index (κ2) is 11.0. The van der Waals surface area contributed by atoms with Crippen LogP contribution in [-0.2, 0) is 19.1 Å². The highest BCUT2D eigenvalue weighted by Gasteiger charge is 2.28. The summed E-state index contributed by atoms with van der Waals surface area (Å²) in [5.41, 5.74) is 0.864. The molecule has 0 spiro atoms. The van der Waals surface area contributed by atoms with Gasteiger partial charge in [0.1, 0.15) is 5.92 Å². The fourth-order valence-corrected chi connectivity index (χ4v) is 1.93. The Labute approximate surface area is 133 Å². The third-order valence-corrected chi connectivity index (χ3v) is 3.73. The van der Waals surface area contributed by atoms with Crippen LogP contribution >= 0.6 is 0 Å². The van der Waals surface area contributed by atoms with E-state index in [0.717, 1.165) is 12.0 Å². The highest BCUT2D eigenvalue weighted by molar-refractivity contribution is 5.75. The zero-order valence-electron chi connectivity index (χ0n) is 14.0. The lowest BCUT2D eigenvalue weighted by Crippen LogP contribution is -2.32. The van der Waals surface area contributed by atoms with Crippen LogP contribution in [0.15, 0.2) is 24.3 Å². The van der Waals surface area contributed by atoms with Crippen molar-refractivity contribution in [1.82, 2.24) is 0 Å². The van der Waals surface area contributed by atoms with E-state index in [1.165, 1.54) is 14.2 Å². The third kappa shape index (κ3) is 7.41. The summed E-state index contributed by atoms with van der Waals surface area (Å²) in [6, 6.07) is 0. The van der Waals surface area contributed by atoms with Crippen LogP contribution in [-0.4, -0.2) is 37.4 Å². The van der Waals surface area contributed by atoms with E-state index in [0.29, 0.717) is 19.3 Å². The summed E-state index contributed by atoms with van der Waals surface area (Å²) >= 11 is 0. The SMILES string of the molecule is C=C(C/C=C/[C@@H](C(=O)OC)[C@H](O)[C@@H](C)CC)CCC(=O)OC. The number of esters is 2. The van der Waals surface area contributed by atoms with Crippen LogP contribution in [0.2, 0.25) is 0 Å². The van der Waals surface area contributed by atoms with Gasteiger partial charge < -0.3 is 14.6 Å². The Bertz CT molecular complexity index is 400. The molecular weight excluding hydrogens is 284 g/mol. The van der Waals surface area contributed by atoms with Gasteiger partial charge in [-0.15, -0.1) is 0 Å². The second-order valence-corrected chi connectivity index (χ2v) is 5.38. The molecule has 0 heterocycles. The highest BCUT2D eigenvalue weighted by atomic mass is 16.5. The van der Waals surface area contributed by atoms with Crippen LogP contribution in [0.3, 0.4) is 0 Å². The number of rotatable bonds is 10. The van der Waals surface area contributed by atoms with Crippen LogP contribution in [0.5, 0.6) is 0 Å². The molecule has 0 aromatic carbocycles. The van der Waals surface area contributed by atoms with Crippen molar-refractivity contribution in [2.24, 2.45) is 11.8 Å². The fourth-order valence-electron chi connectivity index (χ4n) is 1.93. The minimum absolute atomic E-state index is 0.00345. The van der Waals surface area contributed by atoms with E-state index < -0.39 is 18.0 Å². The van der Waals surface area contributed by atoms with Gasteiger partial charge in [0, 0.05) is 6.42 Å². The fraction of sp³-hybridized carbons (Fsp3) is 0.647. The minimum Gasteiger partial charge on any atom is -0.469 e. The van der Waals surface area contributed by atoms with Gasteiger partial charge in [-0.05, 0) is 18.8 Å². The normalized spacial score (nSPS) is 15.1. The van der Waals surface area contributed by atoms with E-state index in [9.17, 15) is 14.7 Å². The topological polar surface area (TPSA) is 72.8 Å². The summed E-state index contributed by atoms with van der Waals surface area (Å²) in [5, 5.41) is 10.2. The van der Waals surface area contributed by atoms with Crippen molar-refractivity contribution in [2.45, 2.75) is 45.6 Å². The standard InChI is InChI=1S/C17H28O5/c1-6-13(3)16(19)14(17(20)22-5)9-7-8-12(2)10-11-15(18)21-4/h7,9,13-14,16,19H,2,6,8,10-11H2,1,3-5H3/b9-7+/t13-,14+,16+/m0/s1. The summed E-state index contributed by atoms with van der Waals surface area (Å²) in [4.78, 5) is 22.8. The van der Waals surface area contributed by atoms with Crippen molar-refractivity contribution in [3.05, 3.63) is 24.3 Å². The van der Waals surface area contributed by atoms with Crippen molar-refractivity contribution in [1.29, 1.82) is 0 Å². The van der Waals surface area contributed by atoms with Crippen LogP contribution in [0.4, 0.5) is 0 Å². The zero-order chi connectivity index (χ0) is 17.1. The van der Waals surface area contributed by atoms with E-state index in [2.05, 4.69) is 11.3 Å². The molecule has 0 aliphatic rings. The van der Waals surface area contributed by atoms with Crippen molar-refractivity contribution >= 4 is 11.9 Å². The van der Waals surface area contributed by atoms with Gasteiger partial charge >= 0.3 is 11.9 Å². The first-order valence-corrected chi connectivity index (χ1v) is 7.53. The quantitative estimate of drug-likeness (QED) is 0.496. The maximum absolute atomic E-state index is 11.8. The lowest BCUT2D eigenvalue weighted by atomic mass is 9.89. The van der Waals surface area contributed by atoms with Crippen LogP contribution in [0.1, 0.15) is 39.5 Å². The molecule has 0 unspecified atom stereocenters. The number of allylic oxidation sites excluding steroid dienone is 2. The predicted octanol–water partition coefficient (Wildman–Crippen LogP) is 2.64. The molecule has 0 radical (unpaired) electrons. The smallest absolute Gasteiger partial charge is 0.315 e. The first-order chi connectivity index (χ1) is 10.4. The van der Waals surface area contributed by atoms with Gasteiger partial charge in [-0.1, -0.05) is 44.6 Å². The Morgan fingerprint density at radius 3 is 2.36 bits per heavy atom. The number of ether oxygens (including phenoxy) is 2. The number of hydrogen-bond acceptors (Lipinski definition) is 5. The molecule has 3 atom stereocenters. The van der Waals surface area contributed by atoms with Gasteiger partial charge in [-0.25, -0.2) is 0 Å². The van der Waals surface area contributed by atoms with E-state index in [1.807, 2.05) is 13.8 Å². The second-order valence-electron chi connectivity index (χ2n) is 5.38. The van der Waals surface area contributed by atoms with E-state index in [4.69, 9.17) is 4.74 Å². The third-order valence-electron chi connectivity index (χ3n) is 3.73. The molecule has 1 N–H and O–H groups in total. The molecular formula is C17H28O5. The molecule has 0 saturated heterocycles. The lowest BCUT2D eigenvalue weighted by Gasteiger charge is -2.22. The molecule has 0 amide bonds. The monoisotopic (exact) mass is 312 g/mol. The maximum Gasteiger partial charge on any atom is 0.315 e. The maximum atomic E-state index is 11.8. The summed E-state index contributed by atoms with van der Waals surface area (Å²) in [6.45, 7) is 7.73. The zero-order valence-corrected chi connectivity index (χ0v) is 14.0. The van der Waals surface area contributed by atoms with Gasteiger partial charge in [-0.2, -0.15) is 0 Å². The Morgan fingerprint density at radius 1 is 1.23 bits per heavy atom. The van der Waals surface area contributed by atoms with Crippen LogP contribution in [0, 0.1) is 11.8 Å². The molecule has 22 heavy (non-hydrogen) atoms. The number of carbonyl (C=O) groups is 2. The molecule has 0 aromatic heterocycles. The lowest BCUT2D eigenvalue weighted by molar-refractivity contribution is -0.148. The van der Waals surface area contributed by atoms with Crippen molar-refractivity contribution in [3.8, 4) is 0 Å². The molecule has 0 aliphatic carbocycles. The molecule has 0 saturated carbocycles. The van der Waals surface area contributed by atoms with Gasteiger partial charge in [0.25, 0.3) is 0 Å².